The lowest BCUT2D eigenvalue weighted by atomic mass is 10.1. The van der Waals surface area contributed by atoms with Crippen LogP contribution in [0.5, 0.6) is 11.6 Å². The zero-order valence-electron chi connectivity index (χ0n) is 22.2. The summed E-state index contributed by atoms with van der Waals surface area (Å²) in [5.74, 6) is -1.13. The molecular formula is C28H21ClFN5O6S. The molecule has 0 unspecified atom stereocenters. The molecule has 0 aliphatic carbocycles. The Bertz CT molecular complexity index is 2060. The lowest BCUT2D eigenvalue weighted by molar-refractivity contribution is 0.162. The average molecular weight is 610 g/mol. The fourth-order valence-corrected chi connectivity index (χ4v) is 5.74. The molecule has 0 saturated heterocycles. The van der Waals surface area contributed by atoms with Crippen LogP contribution in [0.3, 0.4) is 0 Å². The number of pyridine rings is 2. The Morgan fingerprint density at radius 1 is 1.19 bits per heavy atom. The summed E-state index contributed by atoms with van der Waals surface area (Å²) in [6.07, 6.45) is -0.518. The van der Waals surface area contributed by atoms with Gasteiger partial charge in [0.05, 0.1) is 36.1 Å². The number of anilines is 1. The maximum atomic E-state index is 15.2. The van der Waals surface area contributed by atoms with Gasteiger partial charge in [-0.2, -0.15) is 4.98 Å². The number of oxazole rings is 1. The summed E-state index contributed by atoms with van der Waals surface area (Å²) in [7, 11) is 1.55. The molecule has 1 amide bonds. The average Bonchev–Trinajstić information content (AvgIpc) is 3.53. The number of hydrogen-bond acceptors (Lipinski definition) is 9. The normalized spacial score (nSPS) is 13.0. The minimum absolute atomic E-state index is 0.200. The highest BCUT2D eigenvalue weighted by Gasteiger charge is 2.29. The van der Waals surface area contributed by atoms with Crippen molar-refractivity contribution in [1.29, 1.82) is 0 Å². The number of ether oxygens (including phenoxy) is 2. The van der Waals surface area contributed by atoms with Gasteiger partial charge in [0.15, 0.2) is 11.4 Å². The summed E-state index contributed by atoms with van der Waals surface area (Å²) in [6, 6.07) is 10.2. The van der Waals surface area contributed by atoms with Gasteiger partial charge in [-0.1, -0.05) is 22.9 Å². The smallest absolute Gasteiger partial charge is 0.417 e. The summed E-state index contributed by atoms with van der Waals surface area (Å²) in [5.41, 5.74) is 2.48. The highest BCUT2D eigenvalue weighted by Crippen LogP contribution is 2.37. The molecule has 42 heavy (non-hydrogen) atoms. The van der Waals surface area contributed by atoms with E-state index in [-0.39, 0.29) is 17.2 Å². The molecule has 214 valence electrons. The van der Waals surface area contributed by atoms with Crippen LogP contribution in [0.15, 0.2) is 57.9 Å². The number of aromatic nitrogens is 4. The summed E-state index contributed by atoms with van der Waals surface area (Å²) >= 11 is 7.58. The number of hydrogen-bond donors (Lipinski definition) is 2. The molecule has 0 bridgehead atoms. The quantitative estimate of drug-likeness (QED) is 0.208. The SMILES string of the molecule is COc1cnc2c(-c3nc4cc(F)c(O[C@@H](C)[C@@H](C)N(C(=O)O)c5ccc6[nH]c(=O)oc6c5)nc4s3)cc(Cl)cc2c1. The Kier molecular flexibility index (Phi) is 6.91. The zero-order chi connectivity index (χ0) is 29.7. The second kappa shape index (κ2) is 10.6. The maximum Gasteiger partial charge on any atom is 0.417 e. The summed E-state index contributed by atoms with van der Waals surface area (Å²) in [4.78, 5) is 41.1. The standard InChI is InChI=1S/C28H21ClFN5O6S/c1-12(35(28(37)38)16-4-5-20-22(9-16)41-27(36)33-20)13(2)40-24-19(30)10-21-26(34-24)42-25(32-21)18-8-15(29)6-14-7-17(39-3)11-31-23(14)18/h4-13H,1-3H3,(H,33,36)(H,37,38)/t12-,13+/m1/s1. The van der Waals surface area contributed by atoms with Crippen LogP contribution in [0.1, 0.15) is 13.8 Å². The second-order valence-electron chi connectivity index (χ2n) is 9.43. The number of H-pyrrole nitrogens is 1. The number of methoxy groups -OCH3 is 1. The third-order valence-electron chi connectivity index (χ3n) is 6.77. The Labute approximate surface area is 245 Å². The number of nitrogens with zero attached hydrogens (tertiary/aromatic N) is 4. The van der Waals surface area contributed by atoms with E-state index in [0.29, 0.717) is 42.7 Å². The fourth-order valence-electron chi connectivity index (χ4n) is 4.58. The first-order chi connectivity index (χ1) is 20.1. The third-order valence-corrected chi connectivity index (χ3v) is 7.98. The molecule has 0 spiro atoms. The van der Waals surface area contributed by atoms with Crippen molar-refractivity contribution in [2.24, 2.45) is 0 Å². The van der Waals surface area contributed by atoms with Crippen molar-refractivity contribution in [3.63, 3.8) is 0 Å². The maximum absolute atomic E-state index is 15.2. The van der Waals surface area contributed by atoms with Crippen LogP contribution in [0.2, 0.25) is 5.02 Å². The predicted molar refractivity (Wildman–Crippen MR) is 157 cm³/mol. The molecular weight excluding hydrogens is 589 g/mol. The van der Waals surface area contributed by atoms with Gasteiger partial charge in [0.1, 0.15) is 27.2 Å². The summed E-state index contributed by atoms with van der Waals surface area (Å²) in [6.45, 7) is 3.22. The zero-order valence-corrected chi connectivity index (χ0v) is 23.8. The van der Waals surface area contributed by atoms with Crippen LogP contribution in [-0.2, 0) is 0 Å². The van der Waals surface area contributed by atoms with E-state index in [4.69, 9.17) is 25.5 Å². The predicted octanol–water partition coefficient (Wildman–Crippen LogP) is 6.48. The minimum Gasteiger partial charge on any atom is -0.495 e. The number of halogens is 2. The number of rotatable bonds is 7. The highest BCUT2D eigenvalue weighted by atomic mass is 35.5. The van der Waals surface area contributed by atoms with E-state index in [0.717, 1.165) is 10.3 Å². The highest BCUT2D eigenvalue weighted by molar-refractivity contribution is 7.21. The molecule has 6 rings (SSSR count). The van der Waals surface area contributed by atoms with Gasteiger partial charge in [0, 0.05) is 28.1 Å². The van der Waals surface area contributed by atoms with Crippen molar-refractivity contribution >= 4 is 67.1 Å². The number of fused-ring (bicyclic) bond motifs is 3. The lowest BCUT2D eigenvalue weighted by Crippen LogP contribution is -2.46. The molecule has 4 heterocycles. The Morgan fingerprint density at radius 2 is 2.00 bits per heavy atom. The number of benzene rings is 2. The van der Waals surface area contributed by atoms with E-state index >= 15 is 4.39 Å². The van der Waals surface area contributed by atoms with Crippen LogP contribution in [0.25, 0.3) is 42.9 Å². The number of aromatic amines is 1. The van der Waals surface area contributed by atoms with Crippen LogP contribution < -0.4 is 20.1 Å². The van der Waals surface area contributed by atoms with Crippen molar-refractivity contribution in [2.75, 3.05) is 12.0 Å². The molecule has 2 aromatic carbocycles. The van der Waals surface area contributed by atoms with Crippen LogP contribution in [0.4, 0.5) is 14.9 Å². The van der Waals surface area contributed by atoms with Gasteiger partial charge < -0.3 is 19.0 Å². The molecule has 14 heteroatoms. The van der Waals surface area contributed by atoms with Crippen molar-refractivity contribution in [3.8, 4) is 22.2 Å². The van der Waals surface area contributed by atoms with Crippen molar-refractivity contribution < 1.29 is 28.2 Å². The summed E-state index contributed by atoms with van der Waals surface area (Å²) in [5, 5.41) is 11.7. The van der Waals surface area contributed by atoms with Gasteiger partial charge in [-0.3, -0.25) is 14.9 Å². The molecule has 11 nitrogen and oxygen atoms in total. The van der Waals surface area contributed by atoms with Crippen molar-refractivity contribution in [2.45, 2.75) is 26.0 Å². The third kappa shape index (κ3) is 4.97. The molecule has 2 atom stereocenters. The molecule has 0 aliphatic heterocycles. The number of nitrogens with one attached hydrogen (secondary N) is 1. The number of carbonyl (C=O) groups is 1. The first-order valence-corrected chi connectivity index (χ1v) is 13.7. The van der Waals surface area contributed by atoms with Crippen LogP contribution >= 0.6 is 22.9 Å². The molecule has 2 N–H and O–H groups in total. The van der Waals surface area contributed by atoms with Crippen LogP contribution in [-0.4, -0.2) is 50.4 Å². The van der Waals surface area contributed by atoms with Gasteiger partial charge >= 0.3 is 11.8 Å². The van der Waals surface area contributed by atoms with Crippen molar-refractivity contribution in [1.82, 2.24) is 19.9 Å². The van der Waals surface area contributed by atoms with Gasteiger partial charge in [-0.15, -0.1) is 0 Å². The molecule has 0 saturated carbocycles. The summed E-state index contributed by atoms with van der Waals surface area (Å²) < 4.78 is 31.3. The molecule has 0 radical (unpaired) electrons. The number of amides is 1. The Morgan fingerprint density at radius 3 is 2.76 bits per heavy atom. The molecule has 0 aliphatic rings. The van der Waals surface area contributed by atoms with E-state index in [1.807, 2.05) is 6.07 Å². The number of carboxylic acid groups (broad SMARTS) is 1. The Balaban J connectivity index is 1.31. The minimum atomic E-state index is -1.27. The van der Waals surface area contributed by atoms with Gasteiger partial charge in [-0.25, -0.2) is 19.0 Å². The van der Waals surface area contributed by atoms with Crippen LogP contribution in [0, 0.1) is 5.82 Å². The van der Waals surface area contributed by atoms with E-state index in [1.165, 1.54) is 35.6 Å². The second-order valence-corrected chi connectivity index (χ2v) is 10.8. The van der Waals surface area contributed by atoms with E-state index in [1.54, 1.807) is 39.3 Å². The molecule has 4 aromatic heterocycles. The first-order valence-electron chi connectivity index (χ1n) is 12.5. The lowest BCUT2D eigenvalue weighted by Gasteiger charge is -2.30. The molecule has 0 fully saturated rings. The van der Waals surface area contributed by atoms with E-state index < -0.39 is 29.8 Å². The van der Waals surface area contributed by atoms with E-state index in [2.05, 4.69) is 19.9 Å². The largest absolute Gasteiger partial charge is 0.495 e. The van der Waals surface area contributed by atoms with Crippen molar-refractivity contribution in [3.05, 3.63) is 70.1 Å². The van der Waals surface area contributed by atoms with Gasteiger partial charge in [-0.05, 0) is 44.2 Å². The monoisotopic (exact) mass is 609 g/mol. The van der Waals surface area contributed by atoms with Gasteiger partial charge in [0.25, 0.3) is 5.88 Å². The Hall–Kier alpha value is -4.75. The van der Waals surface area contributed by atoms with E-state index in [9.17, 15) is 14.7 Å². The molecule has 6 aromatic rings. The number of thiazole rings is 1. The van der Waals surface area contributed by atoms with Gasteiger partial charge in [0.2, 0.25) is 0 Å². The first kappa shape index (κ1) is 27.4. The topological polar surface area (TPSA) is 144 Å². The fraction of sp³-hybridized carbons (Fsp3) is 0.179.